The molecule has 0 bridgehead atoms. The van der Waals surface area contributed by atoms with E-state index in [0.717, 1.165) is 41.3 Å². The van der Waals surface area contributed by atoms with Gasteiger partial charge in [0.2, 0.25) is 0 Å². The Balaban J connectivity index is 1.64. The van der Waals surface area contributed by atoms with Gasteiger partial charge in [0.1, 0.15) is 17.6 Å². The molecule has 1 unspecified atom stereocenters. The van der Waals surface area contributed by atoms with Crippen LogP contribution in [0.1, 0.15) is 65.6 Å². The number of carbonyl (C=O) groups excluding carboxylic acids is 2. The van der Waals surface area contributed by atoms with Gasteiger partial charge in [-0.15, -0.1) is 0 Å². The number of nitrogens with zero attached hydrogens (tertiary/aromatic N) is 1. The van der Waals surface area contributed by atoms with Crippen LogP contribution >= 0.6 is 11.9 Å². The van der Waals surface area contributed by atoms with Gasteiger partial charge in [-0.05, 0) is 66.2 Å². The smallest absolute Gasteiger partial charge is 0.306 e. The van der Waals surface area contributed by atoms with Crippen LogP contribution in [0.25, 0.3) is 0 Å². The number of carbonyl (C=O) groups is 2. The molecule has 0 saturated carbocycles. The van der Waals surface area contributed by atoms with Crippen LogP contribution in [0.3, 0.4) is 0 Å². The number of para-hydroxylation sites is 1. The molecule has 2 heterocycles. The van der Waals surface area contributed by atoms with Crippen LogP contribution in [-0.2, 0) is 16.1 Å². The minimum atomic E-state index is -0.348. The van der Waals surface area contributed by atoms with Crippen molar-refractivity contribution in [1.29, 1.82) is 0 Å². The molecule has 4 rings (SSSR count). The zero-order valence-electron chi connectivity index (χ0n) is 20.6. The van der Waals surface area contributed by atoms with Crippen molar-refractivity contribution in [3.63, 3.8) is 0 Å². The number of hydrogen-bond acceptors (Lipinski definition) is 7. The molecule has 0 N–H and O–H groups in total. The van der Waals surface area contributed by atoms with Crippen LogP contribution in [-0.4, -0.2) is 35.8 Å². The van der Waals surface area contributed by atoms with E-state index >= 15 is 0 Å². The molecule has 0 saturated heterocycles. The molecule has 0 spiro atoms. The third-order valence-electron chi connectivity index (χ3n) is 6.27. The van der Waals surface area contributed by atoms with E-state index in [0.29, 0.717) is 5.76 Å². The number of aryl methyl sites for hydroxylation is 1. The van der Waals surface area contributed by atoms with Gasteiger partial charge in [0, 0.05) is 20.0 Å². The number of furan rings is 1. The zero-order valence-corrected chi connectivity index (χ0v) is 21.4. The van der Waals surface area contributed by atoms with Gasteiger partial charge >= 0.3 is 5.97 Å². The van der Waals surface area contributed by atoms with E-state index in [1.54, 1.807) is 24.1 Å². The molecular weight excluding hydrogens is 462 g/mol. The van der Waals surface area contributed by atoms with Gasteiger partial charge in [0.15, 0.2) is 11.5 Å². The Labute approximate surface area is 210 Å². The third kappa shape index (κ3) is 5.97. The number of esters is 1. The molecule has 1 aromatic heterocycles. The number of Topliss-reactive ketones (excluding diaryl/α,β-unsaturated/α-hetero) is 1. The van der Waals surface area contributed by atoms with E-state index in [2.05, 4.69) is 36.4 Å². The largest absolute Gasteiger partial charge is 0.488 e. The van der Waals surface area contributed by atoms with Crippen molar-refractivity contribution in [2.45, 2.75) is 57.1 Å². The van der Waals surface area contributed by atoms with Gasteiger partial charge in [0.05, 0.1) is 24.3 Å². The summed E-state index contributed by atoms with van der Waals surface area (Å²) in [5.74, 6) is 0.957. The molecule has 0 aliphatic carbocycles. The molecule has 2 atom stereocenters. The molecule has 0 radical (unpaired) electrons. The second kappa shape index (κ2) is 11.1. The molecule has 0 fully saturated rings. The predicted octanol–water partition coefficient (Wildman–Crippen LogP) is 6.17. The summed E-state index contributed by atoms with van der Waals surface area (Å²) in [7, 11) is 1.38. The lowest BCUT2D eigenvalue weighted by molar-refractivity contribution is -0.140. The lowest BCUT2D eigenvalue weighted by Crippen LogP contribution is -2.29. The predicted molar refractivity (Wildman–Crippen MR) is 136 cm³/mol. The number of ketones is 1. The van der Waals surface area contributed by atoms with Crippen molar-refractivity contribution in [3.8, 4) is 5.75 Å². The first-order chi connectivity index (χ1) is 16.9. The fraction of sp³-hybridized carbons (Fsp3) is 0.357. The lowest BCUT2D eigenvalue weighted by Gasteiger charge is -2.24. The van der Waals surface area contributed by atoms with Gasteiger partial charge in [-0.2, -0.15) is 0 Å². The average molecular weight is 494 g/mol. The summed E-state index contributed by atoms with van der Waals surface area (Å²) < 4.78 is 19.4. The first-order valence-electron chi connectivity index (χ1n) is 11.8. The first-order valence-corrected chi connectivity index (χ1v) is 12.6. The molecular formula is C28H31NO5S. The average Bonchev–Trinajstić information content (AvgIpc) is 3.27. The van der Waals surface area contributed by atoms with Crippen molar-refractivity contribution in [3.05, 3.63) is 82.8 Å². The van der Waals surface area contributed by atoms with Crippen LogP contribution < -0.4 is 4.74 Å². The Bertz CT molecular complexity index is 1200. The number of rotatable bonds is 8. The summed E-state index contributed by atoms with van der Waals surface area (Å²) in [6.45, 7) is 7.22. The van der Waals surface area contributed by atoms with Crippen molar-refractivity contribution < 1.29 is 23.5 Å². The van der Waals surface area contributed by atoms with E-state index in [1.165, 1.54) is 19.6 Å². The highest BCUT2D eigenvalue weighted by atomic mass is 32.2. The highest BCUT2D eigenvalue weighted by molar-refractivity contribution is 7.97. The molecule has 184 valence electrons. The van der Waals surface area contributed by atoms with Crippen molar-refractivity contribution in [2.75, 3.05) is 13.7 Å². The zero-order chi connectivity index (χ0) is 24.9. The summed E-state index contributed by atoms with van der Waals surface area (Å²) in [5.41, 5.74) is 3.28. The maximum Gasteiger partial charge on any atom is 0.306 e. The quantitative estimate of drug-likeness (QED) is 0.211. The standard InChI is InChI=1S/C28H31NO5S/c1-5-22-17-29(35-27-9-7-6-8-26(27)33-22)16-21-14-20(11-10-18(21)2)23(15-28(31)32-4)25-13-12-24(34-25)19(3)30/h6-14,22-23H,5,15-17H2,1-4H3/t22-,23?/m1/s1. The second-order valence-electron chi connectivity index (χ2n) is 8.79. The molecule has 1 aliphatic rings. The Kier molecular flexibility index (Phi) is 7.98. The molecule has 6 nitrogen and oxygen atoms in total. The van der Waals surface area contributed by atoms with Crippen molar-refractivity contribution >= 4 is 23.7 Å². The second-order valence-corrected chi connectivity index (χ2v) is 9.92. The van der Waals surface area contributed by atoms with Gasteiger partial charge in [0.25, 0.3) is 0 Å². The number of benzene rings is 2. The van der Waals surface area contributed by atoms with Gasteiger partial charge in [-0.1, -0.05) is 37.3 Å². The minimum Gasteiger partial charge on any atom is -0.488 e. The number of ether oxygens (including phenoxy) is 2. The Morgan fingerprint density at radius 3 is 2.69 bits per heavy atom. The normalized spacial score (nSPS) is 16.6. The molecule has 0 amide bonds. The molecule has 1 aliphatic heterocycles. The highest BCUT2D eigenvalue weighted by Gasteiger charge is 2.26. The SMILES string of the molecule is CC[C@@H]1CN(Cc2cc(C(CC(=O)OC)c3ccc(C(C)=O)o3)ccc2C)Sc2ccccc2O1. The Morgan fingerprint density at radius 2 is 1.97 bits per heavy atom. The van der Waals surface area contributed by atoms with Gasteiger partial charge in [-0.25, -0.2) is 4.31 Å². The van der Waals surface area contributed by atoms with E-state index < -0.39 is 0 Å². The maximum absolute atomic E-state index is 12.2. The molecule has 35 heavy (non-hydrogen) atoms. The molecule has 3 aromatic rings. The van der Waals surface area contributed by atoms with E-state index in [-0.39, 0.29) is 36.0 Å². The van der Waals surface area contributed by atoms with E-state index in [4.69, 9.17) is 13.9 Å². The Morgan fingerprint density at radius 1 is 1.17 bits per heavy atom. The summed E-state index contributed by atoms with van der Waals surface area (Å²) in [6, 6.07) is 17.8. The van der Waals surface area contributed by atoms with Crippen LogP contribution in [0.15, 0.2) is 63.9 Å². The monoisotopic (exact) mass is 493 g/mol. The Hall–Kier alpha value is -3.03. The van der Waals surface area contributed by atoms with E-state index in [9.17, 15) is 9.59 Å². The summed E-state index contributed by atoms with van der Waals surface area (Å²) in [4.78, 5) is 25.1. The number of hydrogen-bond donors (Lipinski definition) is 0. The van der Waals surface area contributed by atoms with Crippen LogP contribution in [0, 0.1) is 6.92 Å². The number of fused-ring (bicyclic) bond motifs is 1. The van der Waals surface area contributed by atoms with E-state index in [1.807, 2.05) is 24.3 Å². The topological polar surface area (TPSA) is 69.0 Å². The van der Waals surface area contributed by atoms with Crippen molar-refractivity contribution in [2.24, 2.45) is 0 Å². The summed E-state index contributed by atoms with van der Waals surface area (Å²) in [6.07, 6.45) is 1.15. The van der Waals surface area contributed by atoms with Crippen molar-refractivity contribution in [1.82, 2.24) is 4.31 Å². The first kappa shape index (κ1) is 25.1. The summed E-state index contributed by atoms with van der Waals surface area (Å²) >= 11 is 1.71. The van der Waals surface area contributed by atoms with Crippen LogP contribution in [0.5, 0.6) is 5.75 Å². The molecule has 7 heteroatoms. The van der Waals surface area contributed by atoms with Gasteiger partial charge in [-0.3, -0.25) is 9.59 Å². The highest BCUT2D eigenvalue weighted by Crippen LogP contribution is 2.38. The lowest BCUT2D eigenvalue weighted by atomic mass is 9.90. The third-order valence-corrected chi connectivity index (χ3v) is 7.34. The maximum atomic E-state index is 12.2. The van der Waals surface area contributed by atoms with Crippen LogP contribution in [0.2, 0.25) is 0 Å². The van der Waals surface area contributed by atoms with Crippen LogP contribution in [0.4, 0.5) is 0 Å². The van der Waals surface area contributed by atoms with Gasteiger partial charge < -0.3 is 13.9 Å². The minimum absolute atomic E-state index is 0.106. The fourth-order valence-corrected chi connectivity index (χ4v) is 5.25. The number of methoxy groups -OCH3 is 1. The fourth-order valence-electron chi connectivity index (χ4n) is 4.18. The molecule has 2 aromatic carbocycles. The summed E-state index contributed by atoms with van der Waals surface area (Å²) in [5, 5.41) is 0.